The van der Waals surface area contributed by atoms with Crippen molar-refractivity contribution in [2.24, 2.45) is 5.92 Å². The lowest BCUT2D eigenvalue weighted by Gasteiger charge is -2.29. The molecule has 0 aliphatic heterocycles. The summed E-state index contributed by atoms with van der Waals surface area (Å²) in [6, 6.07) is 15.3. The molecule has 3 aromatic rings. The Balaban J connectivity index is 1.30. The molecule has 4 rings (SSSR count). The highest BCUT2D eigenvalue weighted by molar-refractivity contribution is 5.90. The van der Waals surface area contributed by atoms with E-state index in [0.717, 1.165) is 41.7 Å². The van der Waals surface area contributed by atoms with Crippen molar-refractivity contribution < 1.29 is 0 Å². The van der Waals surface area contributed by atoms with E-state index in [1.54, 1.807) is 0 Å². The van der Waals surface area contributed by atoms with E-state index in [0.29, 0.717) is 6.04 Å². The summed E-state index contributed by atoms with van der Waals surface area (Å²) in [6.45, 7) is 6.47. The van der Waals surface area contributed by atoms with Crippen LogP contribution in [0.3, 0.4) is 0 Å². The monoisotopic (exact) mass is 417 g/mol. The van der Waals surface area contributed by atoms with E-state index < -0.39 is 0 Å². The van der Waals surface area contributed by atoms with E-state index in [2.05, 4.69) is 59.7 Å². The van der Waals surface area contributed by atoms with Crippen LogP contribution in [0.4, 0.5) is 11.8 Å². The van der Waals surface area contributed by atoms with Gasteiger partial charge in [-0.25, -0.2) is 4.98 Å². The molecular weight excluding hydrogens is 382 g/mol. The first kappa shape index (κ1) is 21.6. The molecule has 1 aliphatic carbocycles. The lowest BCUT2D eigenvalue weighted by atomic mass is 9.86. The van der Waals surface area contributed by atoms with Gasteiger partial charge in [0.1, 0.15) is 5.82 Å². The number of hydrogen-bond donors (Lipinski definition) is 2. The van der Waals surface area contributed by atoms with Crippen LogP contribution in [0.2, 0.25) is 0 Å². The maximum absolute atomic E-state index is 4.80. The SMILES string of the molecule is Cc1cccc(CNCC2CCC(Nc3nc(N(C)C)c4ccccc4n3)CC2)c1C. The number of aryl methyl sites for hydroxylation is 1. The quantitative estimate of drug-likeness (QED) is 0.562. The Morgan fingerprint density at radius 1 is 0.935 bits per heavy atom. The van der Waals surface area contributed by atoms with E-state index in [1.165, 1.54) is 42.4 Å². The summed E-state index contributed by atoms with van der Waals surface area (Å²) in [7, 11) is 4.07. The Hall–Kier alpha value is -2.66. The van der Waals surface area contributed by atoms with Gasteiger partial charge in [-0.3, -0.25) is 0 Å². The van der Waals surface area contributed by atoms with Crippen LogP contribution in [0, 0.1) is 19.8 Å². The van der Waals surface area contributed by atoms with Gasteiger partial charge in [-0.15, -0.1) is 0 Å². The smallest absolute Gasteiger partial charge is 0.225 e. The van der Waals surface area contributed by atoms with Gasteiger partial charge in [0.25, 0.3) is 0 Å². The van der Waals surface area contributed by atoms with E-state index in [-0.39, 0.29) is 0 Å². The molecule has 1 saturated carbocycles. The van der Waals surface area contributed by atoms with E-state index >= 15 is 0 Å². The zero-order valence-electron chi connectivity index (χ0n) is 19.3. The van der Waals surface area contributed by atoms with Crippen LogP contribution >= 0.6 is 0 Å². The van der Waals surface area contributed by atoms with Gasteiger partial charge in [0.05, 0.1) is 5.52 Å². The molecule has 0 atom stereocenters. The summed E-state index contributed by atoms with van der Waals surface area (Å²) < 4.78 is 0. The largest absolute Gasteiger partial charge is 0.362 e. The van der Waals surface area contributed by atoms with Crippen LogP contribution in [-0.2, 0) is 6.54 Å². The van der Waals surface area contributed by atoms with E-state index in [1.807, 2.05) is 26.2 Å². The first-order chi connectivity index (χ1) is 15.0. The summed E-state index contributed by atoms with van der Waals surface area (Å²) in [6.07, 6.45) is 4.82. The molecule has 1 fully saturated rings. The predicted octanol–water partition coefficient (Wildman–Crippen LogP) is 5.07. The molecule has 0 saturated heterocycles. The normalized spacial score (nSPS) is 18.8. The van der Waals surface area contributed by atoms with Crippen molar-refractivity contribution in [3.8, 4) is 0 Å². The fourth-order valence-electron chi connectivity index (χ4n) is 4.57. The zero-order valence-corrected chi connectivity index (χ0v) is 19.3. The third kappa shape index (κ3) is 5.16. The highest BCUT2D eigenvalue weighted by Gasteiger charge is 2.22. The van der Waals surface area contributed by atoms with E-state index in [4.69, 9.17) is 9.97 Å². The number of hydrogen-bond acceptors (Lipinski definition) is 5. The fourth-order valence-corrected chi connectivity index (χ4v) is 4.57. The van der Waals surface area contributed by atoms with Gasteiger partial charge in [-0.05, 0) is 80.8 Å². The van der Waals surface area contributed by atoms with Gasteiger partial charge in [0.15, 0.2) is 0 Å². The highest BCUT2D eigenvalue weighted by atomic mass is 15.2. The van der Waals surface area contributed by atoms with E-state index in [9.17, 15) is 0 Å². The Morgan fingerprint density at radius 3 is 2.48 bits per heavy atom. The molecule has 1 aromatic heterocycles. The molecule has 0 spiro atoms. The lowest BCUT2D eigenvalue weighted by Crippen LogP contribution is -2.31. The topological polar surface area (TPSA) is 53.1 Å². The molecule has 5 heteroatoms. The number of nitrogens with one attached hydrogen (secondary N) is 2. The predicted molar refractivity (Wildman–Crippen MR) is 131 cm³/mol. The molecule has 0 unspecified atom stereocenters. The Kier molecular flexibility index (Phi) is 6.71. The first-order valence-electron chi connectivity index (χ1n) is 11.5. The Morgan fingerprint density at radius 2 is 1.71 bits per heavy atom. The molecule has 0 radical (unpaired) electrons. The third-order valence-corrected chi connectivity index (χ3v) is 6.65. The van der Waals surface area contributed by atoms with Gasteiger partial charge in [0.2, 0.25) is 5.95 Å². The number of rotatable bonds is 7. The molecule has 0 bridgehead atoms. The van der Waals surface area contributed by atoms with Crippen molar-refractivity contribution in [1.29, 1.82) is 0 Å². The summed E-state index contributed by atoms with van der Waals surface area (Å²) in [4.78, 5) is 11.6. The molecule has 31 heavy (non-hydrogen) atoms. The first-order valence-corrected chi connectivity index (χ1v) is 11.5. The molecule has 164 valence electrons. The summed E-state index contributed by atoms with van der Waals surface area (Å²) in [5.74, 6) is 2.47. The maximum atomic E-state index is 4.80. The van der Waals surface area contributed by atoms with Crippen LogP contribution in [0.1, 0.15) is 42.4 Å². The Bertz CT molecular complexity index is 1020. The Labute approximate surface area is 186 Å². The van der Waals surface area contributed by atoms with Crippen LogP contribution in [0.25, 0.3) is 10.9 Å². The van der Waals surface area contributed by atoms with Crippen molar-refractivity contribution >= 4 is 22.7 Å². The lowest BCUT2D eigenvalue weighted by molar-refractivity contribution is 0.323. The molecular formula is C26H35N5. The molecule has 2 aromatic carbocycles. The van der Waals surface area contributed by atoms with Crippen molar-refractivity contribution in [1.82, 2.24) is 15.3 Å². The minimum Gasteiger partial charge on any atom is -0.362 e. The molecule has 1 aliphatic rings. The third-order valence-electron chi connectivity index (χ3n) is 6.65. The molecule has 5 nitrogen and oxygen atoms in total. The van der Waals surface area contributed by atoms with Gasteiger partial charge < -0.3 is 15.5 Å². The summed E-state index contributed by atoms with van der Waals surface area (Å²) in [5.41, 5.74) is 5.20. The number of benzene rings is 2. The second-order valence-corrected chi connectivity index (χ2v) is 9.13. The average Bonchev–Trinajstić information content (AvgIpc) is 2.77. The molecule has 1 heterocycles. The minimum atomic E-state index is 0.450. The van der Waals surface area contributed by atoms with Gasteiger partial charge in [-0.2, -0.15) is 4.98 Å². The van der Waals surface area contributed by atoms with Crippen LogP contribution in [0.15, 0.2) is 42.5 Å². The summed E-state index contributed by atoms with van der Waals surface area (Å²) >= 11 is 0. The van der Waals surface area contributed by atoms with Crippen molar-refractivity contribution in [2.45, 2.75) is 52.1 Å². The minimum absolute atomic E-state index is 0.450. The highest BCUT2D eigenvalue weighted by Crippen LogP contribution is 2.28. The molecule has 0 amide bonds. The summed E-state index contributed by atoms with van der Waals surface area (Å²) in [5, 5.41) is 8.40. The van der Waals surface area contributed by atoms with Crippen LogP contribution < -0.4 is 15.5 Å². The number of anilines is 2. The second kappa shape index (κ2) is 9.65. The zero-order chi connectivity index (χ0) is 21.8. The molecule has 2 N–H and O–H groups in total. The average molecular weight is 418 g/mol. The maximum Gasteiger partial charge on any atom is 0.225 e. The van der Waals surface area contributed by atoms with Crippen molar-refractivity contribution in [2.75, 3.05) is 30.9 Å². The number of aromatic nitrogens is 2. The van der Waals surface area contributed by atoms with Crippen molar-refractivity contribution in [3.05, 3.63) is 59.2 Å². The standard InChI is InChI=1S/C26H35N5/c1-18-8-7-9-21(19(18)2)17-27-16-20-12-14-22(15-13-20)28-26-29-24-11-6-5-10-23(24)25(30-26)31(3)4/h5-11,20,22,27H,12-17H2,1-4H3,(H,28,29,30). The van der Waals surface area contributed by atoms with Crippen LogP contribution in [0.5, 0.6) is 0 Å². The van der Waals surface area contributed by atoms with Gasteiger partial charge >= 0.3 is 0 Å². The second-order valence-electron chi connectivity index (χ2n) is 9.13. The van der Waals surface area contributed by atoms with Gasteiger partial charge in [0, 0.05) is 32.1 Å². The van der Waals surface area contributed by atoms with Crippen molar-refractivity contribution in [3.63, 3.8) is 0 Å². The number of nitrogens with zero attached hydrogens (tertiary/aromatic N) is 3. The van der Waals surface area contributed by atoms with Gasteiger partial charge in [-0.1, -0.05) is 30.3 Å². The number of fused-ring (bicyclic) bond motifs is 1. The van der Waals surface area contributed by atoms with Crippen LogP contribution in [-0.4, -0.2) is 36.6 Å². The number of para-hydroxylation sites is 1. The fraction of sp³-hybridized carbons (Fsp3) is 0.462.